The number of benzene rings is 1. The topological polar surface area (TPSA) is 114 Å². The molecule has 2 heterocycles. The lowest BCUT2D eigenvalue weighted by atomic mass is 9.83. The van der Waals surface area contributed by atoms with Gasteiger partial charge in [-0.3, -0.25) is 20.4 Å². The molecule has 0 saturated carbocycles. The van der Waals surface area contributed by atoms with Crippen molar-refractivity contribution >= 4 is 28.7 Å². The van der Waals surface area contributed by atoms with Crippen molar-refractivity contribution in [1.82, 2.24) is 5.32 Å². The summed E-state index contributed by atoms with van der Waals surface area (Å²) < 4.78 is 58.5. The fraction of sp³-hybridized carbons (Fsp3) is 0.429. The molecule has 1 fully saturated rings. The van der Waals surface area contributed by atoms with Crippen LogP contribution in [0.25, 0.3) is 0 Å². The lowest BCUT2D eigenvalue weighted by molar-refractivity contribution is -0.385. The fourth-order valence-corrected chi connectivity index (χ4v) is 4.54. The highest BCUT2D eigenvalue weighted by atomic mass is 32.2. The number of nitrogens with zero attached hydrogens (tertiary/aromatic N) is 2. The van der Waals surface area contributed by atoms with Crippen LogP contribution in [0.2, 0.25) is 0 Å². The van der Waals surface area contributed by atoms with Gasteiger partial charge in [0.15, 0.2) is 16.8 Å². The highest BCUT2D eigenvalue weighted by molar-refractivity contribution is 8.14. The number of alkyl halides is 2. The van der Waals surface area contributed by atoms with E-state index in [1.807, 2.05) is 5.32 Å². The molecule has 146 valence electrons. The fourth-order valence-electron chi connectivity index (χ4n) is 3.18. The summed E-state index contributed by atoms with van der Waals surface area (Å²) in [5.41, 5.74) is -1.32. The molecule has 1 aromatic carbocycles. The van der Waals surface area contributed by atoms with Crippen LogP contribution in [-0.4, -0.2) is 47.0 Å². The molecule has 8 nitrogen and oxygen atoms in total. The number of non-ortho nitro benzene ring substituents is 1. The number of aliphatic imine (C=N–C) groups is 1. The van der Waals surface area contributed by atoms with Crippen LogP contribution < -0.4 is 5.32 Å². The minimum Gasteiger partial charge on any atom is -0.465 e. The third-order valence-electron chi connectivity index (χ3n) is 4.34. The molecule has 0 aliphatic carbocycles. The van der Waals surface area contributed by atoms with Gasteiger partial charge in [0.05, 0.1) is 22.3 Å². The first-order valence-electron chi connectivity index (χ1n) is 7.43. The lowest BCUT2D eigenvalue weighted by Crippen LogP contribution is -2.45. The van der Waals surface area contributed by atoms with Gasteiger partial charge < -0.3 is 9.84 Å². The number of carboxylic acid groups (broad SMARTS) is 1. The van der Waals surface area contributed by atoms with Crippen molar-refractivity contribution in [2.45, 2.75) is 17.3 Å². The Balaban J connectivity index is 2.15. The van der Waals surface area contributed by atoms with Crippen molar-refractivity contribution < 1.29 is 37.1 Å². The number of fused-ring (bicyclic) bond motifs is 1. The highest BCUT2D eigenvalue weighted by Gasteiger charge is 2.58. The normalized spacial score (nSPS) is 27.2. The SMILES string of the molecule is O=C(O)NC1=NC[C@H]2[C@@H](C(F)F)OC[C@]2(c2cc([N+](=O)[O-])cc(F)c2F)S1. The Morgan fingerprint density at radius 2 is 2.19 bits per heavy atom. The van der Waals surface area contributed by atoms with Crippen molar-refractivity contribution in [3.8, 4) is 0 Å². The molecule has 27 heavy (non-hydrogen) atoms. The van der Waals surface area contributed by atoms with Crippen molar-refractivity contribution in [3.63, 3.8) is 0 Å². The van der Waals surface area contributed by atoms with E-state index >= 15 is 0 Å². The zero-order valence-electron chi connectivity index (χ0n) is 13.2. The van der Waals surface area contributed by atoms with Crippen molar-refractivity contribution in [2.24, 2.45) is 10.9 Å². The Morgan fingerprint density at radius 1 is 1.48 bits per heavy atom. The van der Waals surface area contributed by atoms with Crippen LogP contribution in [0.4, 0.5) is 28.0 Å². The first-order chi connectivity index (χ1) is 12.7. The predicted octanol–water partition coefficient (Wildman–Crippen LogP) is 2.72. The van der Waals surface area contributed by atoms with Gasteiger partial charge in [-0.25, -0.2) is 22.4 Å². The molecule has 0 aromatic heterocycles. The number of nitrogens with one attached hydrogen (secondary N) is 1. The van der Waals surface area contributed by atoms with Gasteiger partial charge in [-0.05, 0) is 0 Å². The van der Waals surface area contributed by atoms with Crippen molar-refractivity contribution in [2.75, 3.05) is 13.2 Å². The molecular weight excluding hydrogens is 398 g/mol. The van der Waals surface area contributed by atoms with Gasteiger partial charge in [-0.15, -0.1) is 0 Å². The molecule has 2 N–H and O–H groups in total. The van der Waals surface area contributed by atoms with Crippen LogP contribution in [0, 0.1) is 27.7 Å². The van der Waals surface area contributed by atoms with E-state index in [0.717, 1.165) is 6.07 Å². The molecule has 0 bridgehead atoms. The molecule has 2 aliphatic heterocycles. The van der Waals surface area contributed by atoms with E-state index in [1.54, 1.807) is 0 Å². The maximum Gasteiger partial charge on any atom is 0.410 e. The molecule has 3 atom stereocenters. The van der Waals surface area contributed by atoms with E-state index in [9.17, 15) is 32.5 Å². The minimum absolute atomic E-state index is 0.233. The van der Waals surface area contributed by atoms with Crippen molar-refractivity contribution in [1.29, 1.82) is 0 Å². The third-order valence-corrected chi connectivity index (χ3v) is 5.77. The number of thioether (sulfide) groups is 1. The summed E-state index contributed by atoms with van der Waals surface area (Å²) in [6, 6.07) is 1.13. The minimum atomic E-state index is -2.96. The van der Waals surface area contributed by atoms with Crippen LogP contribution in [0.1, 0.15) is 5.56 Å². The number of amidine groups is 1. The number of carbonyl (C=O) groups is 1. The summed E-state index contributed by atoms with van der Waals surface area (Å²) in [5.74, 6) is -4.13. The van der Waals surface area contributed by atoms with Gasteiger partial charge in [0.1, 0.15) is 6.10 Å². The average Bonchev–Trinajstić information content (AvgIpc) is 2.96. The van der Waals surface area contributed by atoms with Crippen LogP contribution >= 0.6 is 11.8 Å². The Kier molecular flexibility index (Phi) is 4.99. The van der Waals surface area contributed by atoms with Gasteiger partial charge in [-0.2, -0.15) is 0 Å². The molecular formula is C14H11F4N3O5S. The van der Waals surface area contributed by atoms with E-state index in [1.165, 1.54) is 0 Å². The predicted molar refractivity (Wildman–Crippen MR) is 85.0 cm³/mol. The summed E-state index contributed by atoms with van der Waals surface area (Å²) in [7, 11) is 0. The molecule has 2 aliphatic rings. The number of amides is 1. The third kappa shape index (κ3) is 3.32. The van der Waals surface area contributed by atoms with Gasteiger partial charge >= 0.3 is 6.09 Å². The second-order valence-corrected chi connectivity index (χ2v) is 7.15. The number of nitro groups is 1. The molecule has 1 amide bonds. The largest absolute Gasteiger partial charge is 0.465 e. The maximum atomic E-state index is 14.5. The first kappa shape index (κ1) is 19.4. The molecule has 1 saturated heterocycles. The van der Waals surface area contributed by atoms with Crippen LogP contribution in [-0.2, 0) is 9.48 Å². The van der Waals surface area contributed by atoms with Crippen LogP contribution in [0.3, 0.4) is 0 Å². The Labute approximate surface area is 152 Å². The molecule has 0 radical (unpaired) electrons. The second kappa shape index (κ2) is 6.96. The Bertz CT molecular complexity index is 839. The Morgan fingerprint density at radius 3 is 2.78 bits per heavy atom. The second-order valence-electron chi connectivity index (χ2n) is 5.83. The smallest absolute Gasteiger partial charge is 0.410 e. The standard InChI is InChI=1S/C14H11F4N3O5S/c15-8-2-5(21(24)25)1-6(9(8)16)14-4-26-10(11(17)18)7(14)3-19-12(27-14)20-13(22)23/h1-2,7,10-11H,3-4H2,(H,19,20)(H,22,23)/t7-,10-,14+/m0/s1. The number of nitro benzene ring substituents is 1. The molecule has 13 heteroatoms. The number of ether oxygens (including phenoxy) is 1. The van der Waals surface area contributed by atoms with Gasteiger partial charge in [0.2, 0.25) is 0 Å². The van der Waals surface area contributed by atoms with E-state index < -0.39 is 63.7 Å². The highest BCUT2D eigenvalue weighted by Crippen LogP contribution is 2.54. The monoisotopic (exact) mass is 409 g/mol. The number of rotatable bonds is 3. The van der Waals surface area contributed by atoms with Crippen molar-refractivity contribution in [3.05, 3.63) is 39.4 Å². The summed E-state index contributed by atoms with van der Waals surface area (Å²) >= 11 is 0.566. The Hall–Kier alpha value is -2.41. The van der Waals surface area contributed by atoms with E-state index in [-0.39, 0.29) is 11.7 Å². The van der Waals surface area contributed by atoms with E-state index in [2.05, 4.69) is 4.99 Å². The number of hydrogen-bond donors (Lipinski definition) is 2. The summed E-state index contributed by atoms with van der Waals surface area (Å²) in [6.07, 6.45) is -6.13. The maximum absolute atomic E-state index is 14.5. The molecule has 0 unspecified atom stereocenters. The average molecular weight is 409 g/mol. The summed E-state index contributed by atoms with van der Waals surface area (Å²) in [4.78, 5) is 24.8. The zero-order valence-corrected chi connectivity index (χ0v) is 14.0. The molecule has 1 aromatic rings. The van der Waals surface area contributed by atoms with Crippen LogP contribution in [0.5, 0.6) is 0 Å². The molecule has 0 spiro atoms. The van der Waals surface area contributed by atoms with Crippen LogP contribution in [0.15, 0.2) is 17.1 Å². The quantitative estimate of drug-likeness (QED) is 0.451. The summed E-state index contributed by atoms with van der Waals surface area (Å²) in [6.45, 7) is -0.892. The number of halogens is 4. The van der Waals surface area contributed by atoms with E-state index in [0.29, 0.717) is 17.8 Å². The number of hydrogen-bond acceptors (Lipinski definition) is 6. The van der Waals surface area contributed by atoms with Gasteiger partial charge in [-0.1, -0.05) is 11.8 Å². The lowest BCUT2D eigenvalue weighted by Gasteiger charge is -2.37. The molecule has 3 rings (SSSR count). The van der Waals surface area contributed by atoms with Gasteiger partial charge in [0, 0.05) is 24.1 Å². The van der Waals surface area contributed by atoms with Gasteiger partial charge in [0.25, 0.3) is 12.1 Å². The first-order valence-corrected chi connectivity index (χ1v) is 8.24. The van der Waals surface area contributed by atoms with E-state index in [4.69, 9.17) is 9.84 Å². The summed E-state index contributed by atoms with van der Waals surface area (Å²) in [5, 5.41) is 21.6. The zero-order chi connectivity index (χ0) is 19.9.